The minimum atomic E-state index is -0.571. The molecule has 0 bridgehead atoms. The molecule has 1 N–H and O–H groups in total. The van der Waals surface area contributed by atoms with Crippen LogP contribution in [-0.4, -0.2) is 29.7 Å². The predicted octanol–water partition coefficient (Wildman–Crippen LogP) is 1.16. The van der Waals surface area contributed by atoms with Crippen LogP contribution in [0.3, 0.4) is 0 Å². The summed E-state index contributed by atoms with van der Waals surface area (Å²) in [5.74, 6) is 0. The molecule has 0 atom stereocenters. The molecule has 1 heterocycles. The van der Waals surface area contributed by atoms with Crippen molar-refractivity contribution in [2.75, 3.05) is 13.7 Å². The molecule has 1 aliphatic rings. The fourth-order valence-corrected chi connectivity index (χ4v) is 1.64. The van der Waals surface area contributed by atoms with Gasteiger partial charge < -0.3 is 10.1 Å². The van der Waals surface area contributed by atoms with Gasteiger partial charge in [-0.25, -0.2) is 4.79 Å². The van der Waals surface area contributed by atoms with Gasteiger partial charge >= 0.3 is 6.09 Å². The molecule has 0 spiro atoms. The Hall–Kier alpha value is -0.750. The molecule has 1 amide bonds. The molecule has 0 aromatic heterocycles. The van der Waals surface area contributed by atoms with Gasteiger partial charge in [0.2, 0.25) is 0 Å². The van der Waals surface area contributed by atoms with Crippen LogP contribution in [0.5, 0.6) is 0 Å². The van der Waals surface area contributed by atoms with E-state index in [1.165, 1.54) is 18.8 Å². The summed E-state index contributed by atoms with van der Waals surface area (Å²) in [6.45, 7) is 4.26. The summed E-state index contributed by atoms with van der Waals surface area (Å²) in [5, 5.41) is 6.60. The lowest BCUT2D eigenvalue weighted by Gasteiger charge is -2.12. The van der Waals surface area contributed by atoms with E-state index in [0.717, 1.165) is 0 Å². The molecule has 0 radical (unpaired) electrons. The summed E-state index contributed by atoms with van der Waals surface area (Å²) in [6.07, 6.45) is -0.571. The highest BCUT2D eigenvalue weighted by Crippen LogP contribution is 2.33. The summed E-state index contributed by atoms with van der Waals surface area (Å²) in [5.41, 5.74) is 0. The van der Waals surface area contributed by atoms with E-state index >= 15 is 0 Å². The van der Waals surface area contributed by atoms with Gasteiger partial charge in [-0.05, 0) is 13.8 Å². The van der Waals surface area contributed by atoms with Crippen LogP contribution in [0.4, 0.5) is 4.79 Å². The number of rotatable bonds is 1. The topological polar surface area (TPSA) is 59.9 Å². The van der Waals surface area contributed by atoms with Crippen molar-refractivity contribution in [2.45, 2.75) is 18.8 Å². The Labute approximate surface area is 80.8 Å². The van der Waals surface area contributed by atoms with Gasteiger partial charge in [-0.3, -0.25) is 4.84 Å². The van der Waals surface area contributed by atoms with Crippen molar-refractivity contribution in [3.63, 3.8) is 0 Å². The van der Waals surface area contributed by atoms with Crippen LogP contribution in [0.2, 0.25) is 0 Å². The zero-order valence-corrected chi connectivity index (χ0v) is 8.60. The van der Waals surface area contributed by atoms with Gasteiger partial charge in [0.25, 0.3) is 0 Å². The zero-order valence-electron chi connectivity index (χ0n) is 7.79. The van der Waals surface area contributed by atoms with E-state index in [2.05, 4.69) is 15.3 Å². The number of hydrogen-bond donors (Lipinski definition) is 1. The molecule has 5 nitrogen and oxygen atoms in total. The van der Waals surface area contributed by atoms with E-state index < -0.39 is 6.09 Å². The minimum Gasteiger partial charge on any atom is -0.358 e. The second-order valence-corrected chi connectivity index (χ2v) is 4.56. The smallest absolute Gasteiger partial charge is 0.358 e. The van der Waals surface area contributed by atoms with Gasteiger partial charge in [0.1, 0.15) is 16.6 Å². The molecule has 74 valence electrons. The Balaban J connectivity index is 2.42. The van der Waals surface area contributed by atoms with Crippen LogP contribution in [0.1, 0.15) is 13.8 Å². The second-order valence-electron chi connectivity index (χ2n) is 2.90. The van der Waals surface area contributed by atoms with Crippen molar-refractivity contribution in [1.82, 2.24) is 5.32 Å². The van der Waals surface area contributed by atoms with E-state index in [1.54, 1.807) is 0 Å². The van der Waals surface area contributed by atoms with Crippen molar-refractivity contribution in [1.29, 1.82) is 0 Å². The largest absolute Gasteiger partial charge is 0.433 e. The van der Waals surface area contributed by atoms with Crippen molar-refractivity contribution < 1.29 is 14.4 Å². The van der Waals surface area contributed by atoms with Crippen molar-refractivity contribution >= 4 is 22.9 Å². The summed E-state index contributed by atoms with van der Waals surface area (Å²) in [4.78, 5) is 14.9. The first-order valence-electron chi connectivity index (χ1n) is 3.82. The third-order valence-electron chi connectivity index (χ3n) is 1.34. The molecule has 13 heavy (non-hydrogen) atoms. The first-order valence-corrected chi connectivity index (χ1v) is 4.64. The Morgan fingerprint density at radius 3 is 2.92 bits per heavy atom. The van der Waals surface area contributed by atoms with E-state index in [1.807, 2.05) is 13.8 Å². The summed E-state index contributed by atoms with van der Waals surface area (Å²) in [7, 11) is 1.48. The molecule has 1 aliphatic heterocycles. The third kappa shape index (κ3) is 3.23. The van der Waals surface area contributed by atoms with Gasteiger partial charge in [0.15, 0.2) is 0 Å². The monoisotopic (exact) mass is 204 g/mol. The van der Waals surface area contributed by atoms with Crippen LogP contribution in [0.25, 0.3) is 0 Å². The molecule has 1 fully saturated rings. The first-order chi connectivity index (χ1) is 6.03. The van der Waals surface area contributed by atoms with Crippen molar-refractivity contribution in [2.24, 2.45) is 5.16 Å². The Morgan fingerprint density at radius 2 is 2.46 bits per heavy atom. The maximum Gasteiger partial charge on any atom is 0.433 e. The number of oxime groups is 1. The number of ether oxygens (including phenoxy) is 1. The second kappa shape index (κ2) is 3.97. The lowest BCUT2D eigenvalue weighted by atomic mass is 10.5. The molecule has 6 heteroatoms. The highest BCUT2D eigenvalue weighted by atomic mass is 32.2. The number of carbonyl (C=O) groups is 1. The van der Waals surface area contributed by atoms with E-state index in [-0.39, 0.29) is 4.93 Å². The Bertz CT molecular complexity index is 240. The summed E-state index contributed by atoms with van der Waals surface area (Å²) < 4.78 is 5.34. The number of nitrogens with zero attached hydrogens (tertiary/aromatic N) is 1. The normalized spacial score (nSPS) is 23.2. The van der Waals surface area contributed by atoms with Crippen LogP contribution >= 0.6 is 11.8 Å². The number of hydrogen-bond acceptors (Lipinski definition) is 5. The summed E-state index contributed by atoms with van der Waals surface area (Å²) in [6, 6.07) is 0. The van der Waals surface area contributed by atoms with Gasteiger partial charge in [0, 0.05) is 7.05 Å². The fraction of sp³-hybridized carbons (Fsp3) is 0.714. The molecular formula is C7H12N2O3S. The Kier molecular flexibility index (Phi) is 3.16. The van der Waals surface area contributed by atoms with Crippen LogP contribution in [0, 0.1) is 0 Å². The zero-order chi connectivity index (χ0) is 9.90. The minimum absolute atomic E-state index is 0.273. The molecule has 1 rings (SSSR count). The van der Waals surface area contributed by atoms with E-state index in [0.29, 0.717) is 11.7 Å². The van der Waals surface area contributed by atoms with E-state index in [9.17, 15) is 4.79 Å². The maximum absolute atomic E-state index is 10.6. The van der Waals surface area contributed by atoms with Crippen LogP contribution < -0.4 is 5.32 Å². The quantitative estimate of drug-likeness (QED) is 0.514. The van der Waals surface area contributed by atoms with Gasteiger partial charge in [-0.1, -0.05) is 16.9 Å². The molecule has 0 aliphatic carbocycles. The fourth-order valence-electron chi connectivity index (χ4n) is 0.761. The van der Waals surface area contributed by atoms with Gasteiger partial charge in [-0.15, -0.1) is 0 Å². The first kappa shape index (κ1) is 10.3. The van der Waals surface area contributed by atoms with Crippen molar-refractivity contribution in [3.05, 3.63) is 0 Å². The van der Waals surface area contributed by atoms with Crippen LogP contribution in [-0.2, 0) is 9.57 Å². The average Bonchev–Trinajstić information content (AvgIpc) is 2.41. The Morgan fingerprint density at radius 1 is 1.77 bits per heavy atom. The number of nitrogens with one attached hydrogen (secondary N) is 1. The highest BCUT2D eigenvalue weighted by molar-refractivity contribution is 8.15. The standard InChI is InChI=1S/C7H12N2O3S/c1-7(2)11-4-5(13-7)9-12-6(10)8-3/h4H2,1-3H3,(H,8,10). The SMILES string of the molecule is CNC(=O)ON=C1COC(C)(C)S1. The van der Waals surface area contributed by atoms with E-state index in [4.69, 9.17) is 4.74 Å². The van der Waals surface area contributed by atoms with Crippen LogP contribution in [0.15, 0.2) is 5.16 Å². The third-order valence-corrected chi connectivity index (χ3v) is 2.38. The average molecular weight is 204 g/mol. The molecule has 0 saturated carbocycles. The maximum atomic E-state index is 10.6. The lowest BCUT2D eigenvalue weighted by Crippen LogP contribution is -2.17. The molecular weight excluding hydrogens is 192 g/mol. The van der Waals surface area contributed by atoms with Gasteiger partial charge in [0.05, 0.1) is 0 Å². The molecule has 0 aromatic carbocycles. The molecule has 0 aromatic rings. The number of carbonyl (C=O) groups excluding carboxylic acids is 1. The highest BCUT2D eigenvalue weighted by Gasteiger charge is 2.30. The number of amides is 1. The van der Waals surface area contributed by atoms with Crippen molar-refractivity contribution in [3.8, 4) is 0 Å². The lowest BCUT2D eigenvalue weighted by molar-refractivity contribution is 0.0911. The summed E-state index contributed by atoms with van der Waals surface area (Å²) >= 11 is 1.44. The van der Waals surface area contributed by atoms with Gasteiger partial charge in [-0.2, -0.15) is 0 Å². The predicted molar refractivity (Wildman–Crippen MR) is 50.6 cm³/mol. The number of thioether (sulfide) groups is 1. The molecule has 0 unspecified atom stereocenters. The molecule has 1 saturated heterocycles.